The van der Waals surface area contributed by atoms with E-state index >= 15 is 0 Å². The molecule has 2 aliphatic rings. The molecule has 1 aromatic heterocycles. The molecule has 46 heavy (non-hydrogen) atoms. The number of carbonyl (C=O) groups is 2. The third kappa shape index (κ3) is 7.51. The van der Waals surface area contributed by atoms with Crippen LogP contribution in [0.4, 0.5) is 22.0 Å². The first kappa shape index (κ1) is 34.5. The minimum atomic E-state index is -4.79. The zero-order chi connectivity index (χ0) is 32.3. The Morgan fingerprint density at radius 3 is 2.54 bits per heavy atom. The van der Waals surface area contributed by atoms with Crippen molar-refractivity contribution in [3.05, 3.63) is 77.8 Å². The van der Waals surface area contributed by atoms with Crippen LogP contribution in [0, 0.1) is 11.6 Å². The number of amides is 1. The number of ether oxygens (including phenoxy) is 1. The summed E-state index contributed by atoms with van der Waals surface area (Å²) < 4.78 is 82.0. The quantitative estimate of drug-likeness (QED) is 0.153. The van der Waals surface area contributed by atoms with Crippen LogP contribution in [-0.4, -0.2) is 84.6 Å². The number of carboxylic acid groups (broad SMARTS) is 1. The van der Waals surface area contributed by atoms with E-state index < -0.39 is 47.7 Å². The van der Waals surface area contributed by atoms with Crippen molar-refractivity contribution in [2.45, 2.75) is 32.0 Å². The van der Waals surface area contributed by atoms with E-state index in [1.807, 2.05) is 6.92 Å². The predicted octanol–water partition coefficient (Wildman–Crippen LogP) is 4.72. The molecule has 0 saturated carbocycles. The van der Waals surface area contributed by atoms with Gasteiger partial charge in [0.05, 0.1) is 36.5 Å². The molecule has 5 rings (SSSR count). The number of alkyl halides is 3. The number of carbonyl (C=O) groups excluding carboxylic acids is 1. The van der Waals surface area contributed by atoms with Crippen molar-refractivity contribution in [3.8, 4) is 39.8 Å². The summed E-state index contributed by atoms with van der Waals surface area (Å²) in [6.07, 6.45) is -2.19. The first-order valence-corrected chi connectivity index (χ1v) is 13.4. The van der Waals surface area contributed by atoms with E-state index in [4.69, 9.17) is 14.4 Å². The molecule has 2 N–H and O–H groups in total. The van der Waals surface area contributed by atoms with Crippen LogP contribution < -0.4 is 10.1 Å². The normalized spacial score (nSPS) is 12.0. The van der Waals surface area contributed by atoms with Gasteiger partial charge in [-0.2, -0.15) is 18.3 Å². The third-order valence-electron chi connectivity index (χ3n) is 6.47. The molecule has 0 spiro atoms. The van der Waals surface area contributed by atoms with Crippen molar-refractivity contribution < 1.29 is 45.9 Å². The number of benzene rings is 2. The van der Waals surface area contributed by atoms with Gasteiger partial charge in [0.1, 0.15) is 22.8 Å². The summed E-state index contributed by atoms with van der Waals surface area (Å²) in [4.78, 5) is 32.7. The maximum absolute atomic E-state index is 14.4. The number of nitrogens with zero attached hydrogens (tertiary/aromatic N) is 5. The average molecular weight is 655 g/mol. The fraction of sp³-hybridized carbons (Fsp3) is 0.241. The van der Waals surface area contributed by atoms with Crippen molar-refractivity contribution in [1.29, 1.82) is 0 Å². The van der Waals surface area contributed by atoms with Crippen molar-refractivity contribution in [3.63, 3.8) is 0 Å². The van der Waals surface area contributed by atoms with Gasteiger partial charge < -0.3 is 19.7 Å². The van der Waals surface area contributed by atoms with Crippen LogP contribution >= 0.6 is 0 Å². The number of rotatable bonds is 11. The van der Waals surface area contributed by atoms with Gasteiger partial charge in [-0.25, -0.2) is 18.7 Å². The van der Waals surface area contributed by atoms with Crippen LogP contribution in [0.15, 0.2) is 59.4 Å². The number of nitrogens with one attached hydrogen (secondary N) is 1. The number of hydrogen-bond acceptors (Lipinski definition) is 8. The Hall–Kier alpha value is -4.41. The summed E-state index contributed by atoms with van der Waals surface area (Å²) in [5.41, 5.74) is -1.59. The minimum absolute atomic E-state index is 0. The molecule has 3 aromatic rings. The number of carboxylic acids is 1. The molecule has 1 amide bonds. The van der Waals surface area contributed by atoms with Gasteiger partial charge in [0.25, 0.3) is 5.91 Å². The summed E-state index contributed by atoms with van der Waals surface area (Å²) in [6.45, 7) is 1.73. The molecule has 0 bridgehead atoms. The van der Waals surface area contributed by atoms with Gasteiger partial charge >= 0.3 is 41.7 Å². The number of hydrogen-bond donors (Lipinski definition) is 2. The van der Waals surface area contributed by atoms with Gasteiger partial charge in [-0.1, -0.05) is 18.1 Å². The second-order valence-electron chi connectivity index (χ2n) is 9.68. The standard InChI is InChI=1S/C29H23F5N6O5.Na.H/c1-2-10-44-15-6-7-16(18(11-15)29(32,33)34)20-12-23(45-39-20)26(28(43)35-9-8-24(41)42)40-14-22-21(13-36-40)37-27(38-22)17-4-3-5-19(30)25(17)31;;/h3-7,11-14,26H,2,8-10H2,1H3,(H,35,43)(H,41,42);;. The number of aliphatic carboxylic acids is 1. The van der Waals surface area contributed by atoms with Crippen molar-refractivity contribution in [2.24, 2.45) is 0 Å². The van der Waals surface area contributed by atoms with E-state index in [-0.39, 0.29) is 88.3 Å². The molecule has 1 atom stereocenters. The summed E-state index contributed by atoms with van der Waals surface area (Å²) in [5.74, 6) is -4.68. The Kier molecular flexibility index (Phi) is 10.7. The monoisotopic (exact) mass is 654 g/mol. The molecule has 0 fully saturated rings. The number of fused-ring (bicyclic) bond motifs is 1. The summed E-state index contributed by atoms with van der Waals surface area (Å²) in [7, 11) is 0. The van der Waals surface area contributed by atoms with Crippen LogP contribution in [0.25, 0.3) is 34.0 Å². The molecule has 2 aromatic carbocycles. The fourth-order valence-corrected chi connectivity index (χ4v) is 4.38. The van der Waals surface area contributed by atoms with Crippen molar-refractivity contribution in [1.82, 2.24) is 30.2 Å². The Balaban J connectivity index is 0.00000480. The number of aromatic nitrogens is 5. The molecule has 3 heterocycles. The Morgan fingerprint density at radius 1 is 1.07 bits per heavy atom. The molecule has 0 aliphatic carbocycles. The van der Waals surface area contributed by atoms with E-state index in [0.717, 1.165) is 22.9 Å². The van der Waals surface area contributed by atoms with Crippen LogP contribution in [0.2, 0.25) is 0 Å². The Labute approximate surface area is 279 Å². The van der Waals surface area contributed by atoms with Crippen molar-refractivity contribution in [2.75, 3.05) is 13.2 Å². The predicted molar refractivity (Wildman–Crippen MR) is 153 cm³/mol. The zero-order valence-electron chi connectivity index (χ0n) is 23.3. The molecule has 17 heteroatoms. The van der Waals surface area contributed by atoms with Gasteiger partial charge in [-0.15, -0.1) is 0 Å². The SMILES string of the molecule is CCCOc1ccc(-c2cc(C(C(=O)NCCC(=O)O)n3cc4nc(-c5cccc(F)c5F)nc-4cn3)on2)c(C(F)(F)F)c1.[NaH]. The van der Waals surface area contributed by atoms with Crippen LogP contribution in [0.3, 0.4) is 0 Å². The third-order valence-corrected chi connectivity index (χ3v) is 6.47. The maximum atomic E-state index is 14.4. The first-order chi connectivity index (χ1) is 21.5. The number of imidazole rings is 1. The Bertz CT molecular complexity index is 1830. The number of halogens is 5. The Morgan fingerprint density at radius 2 is 1.83 bits per heavy atom. The average Bonchev–Trinajstić information content (AvgIpc) is 3.64. The van der Waals surface area contributed by atoms with Crippen LogP contribution in [0.5, 0.6) is 5.75 Å². The zero-order valence-corrected chi connectivity index (χ0v) is 23.3. The van der Waals surface area contributed by atoms with Gasteiger partial charge in [0.15, 0.2) is 29.3 Å². The summed E-state index contributed by atoms with van der Waals surface area (Å²) in [6, 6.07) is 6.47. The first-order valence-electron chi connectivity index (χ1n) is 13.4. The van der Waals surface area contributed by atoms with Gasteiger partial charge in [0.2, 0.25) is 0 Å². The molecule has 11 nitrogen and oxygen atoms in total. The second kappa shape index (κ2) is 14.3. The van der Waals surface area contributed by atoms with E-state index in [9.17, 15) is 31.5 Å². The van der Waals surface area contributed by atoms with Gasteiger partial charge in [-0.05, 0) is 36.8 Å². The van der Waals surface area contributed by atoms with Gasteiger partial charge in [0, 0.05) is 18.2 Å². The molecule has 0 radical (unpaired) electrons. The molecular formula is C29H24F5N6NaO5. The molecule has 0 saturated heterocycles. The summed E-state index contributed by atoms with van der Waals surface area (Å²) >= 11 is 0. The van der Waals surface area contributed by atoms with E-state index in [1.165, 1.54) is 36.7 Å². The second-order valence-corrected chi connectivity index (χ2v) is 9.68. The molecule has 236 valence electrons. The van der Waals surface area contributed by atoms with Crippen LogP contribution in [-0.2, 0) is 15.8 Å². The van der Waals surface area contributed by atoms with E-state index in [1.54, 1.807) is 0 Å². The van der Waals surface area contributed by atoms with E-state index in [2.05, 4.69) is 25.5 Å². The summed E-state index contributed by atoms with van der Waals surface area (Å²) in [5, 5.41) is 19.3. The van der Waals surface area contributed by atoms with Crippen LogP contribution in [0.1, 0.15) is 37.1 Å². The van der Waals surface area contributed by atoms with Crippen molar-refractivity contribution >= 4 is 41.4 Å². The van der Waals surface area contributed by atoms with Gasteiger partial charge in [-0.3, -0.25) is 14.3 Å². The topological polar surface area (TPSA) is 145 Å². The molecule has 1 unspecified atom stereocenters. The molecular weight excluding hydrogens is 630 g/mol. The van der Waals surface area contributed by atoms with E-state index in [0.29, 0.717) is 6.42 Å². The molecule has 2 aliphatic heterocycles. The fourth-order valence-electron chi connectivity index (χ4n) is 4.38.